The lowest BCUT2D eigenvalue weighted by Gasteiger charge is -2.07. The SMILES string of the molecule is CCc1ccc(NC(=O)c2sc3nc(CN(C)C)[nH]c(=O)c3c2C)cc1. The summed E-state index contributed by atoms with van der Waals surface area (Å²) in [6.45, 7) is 4.41. The number of thiophene rings is 1. The number of benzene rings is 1. The third-order valence-corrected chi connectivity index (χ3v) is 5.33. The Balaban J connectivity index is 1.93. The summed E-state index contributed by atoms with van der Waals surface area (Å²) in [6.07, 6.45) is 0.952. The maximum atomic E-state index is 12.7. The number of amides is 1. The second-order valence-corrected chi connectivity index (χ2v) is 7.49. The van der Waals surface area contributed by atoms with Gasteiger partial charge in [-0.05, 0) is 50.7 Å². The lowest BCUT2D eigenvalue weighted by molar-refractivity contribution is 0.103. The molecule has 0 radical (unpaired) electrons. The van der Waals surface area contributed by atoms with Crippen LogP contribution >= 0.6 is 11.3 Å². The molecule has 2 heterocycles. The Bertz CT molecular complexity index is 1000. The van der Waals surface area contributed by atoms with Crippen LogP contribution in [-0.4, -0.2) is 34.9 Å². The molecule has 0 aliphatic heterocycles. The third-order valence-electron chi connectivity index (χ3n) is 4.14. The van der Waals surface area contributed by atoms with E-state index < -0.39 is 0 Å². The minimum Gasteiger partial charge on any atom is -0.321 e. The second kappa shape index (κ2) is 7.39. The number of carbonyl (C=O) groups is 1. The molecule has 1 aromatic carbocycles. The molecule has 0 atom stereocenters. The number of nitrogens with one attached hydrogen (secondary N) is 2. The Kier molecular flexibility index (Phi) is 5.20. The number of rotatable bonds is 5. The summed E-state index contributed by atoms with van der Waals surface area (Å²) in [5.41, 5.74) is 2.41. The predicted octanol–water partition coefficient (Wildman–Crippen LogP) is 3.17. The Morgan fingerprint density at radius 2 is 1.96 bits per heavy atom. The minimum absolute atomic E-state index is 0.202. The molecule has 0 unspecified atom stereocenters. The smallest absolute Gasteiger partial charge is 0.266 e. The molecule has 3 aromatic rings. The van der Waals surface area contributed by atoms with Crippen molar-refractivity contribution in [2.24, 2.45) is 0 Å². The van der Waals surface area contributed by atoms with Crippen LogP contribution in [-0.2, 0) is 13.0 Å². The van der Waals surface area contributed by atoms with Crippen LogP contribution < -0.4 is 10.9 Å². The molecule has 0 saturated heterocycles. The quantitative estimate of drug-likeness (QED) is 0.723. The fraction of sp³-hybridized carbons (Fsp3) is 0.316. The number of aromatic nitrogens is 2. The van der Waals surface area contributed by atoms with Crippen LogP contribution in [0.5, 0.6) is 0 Å². The largest absolute Gasteiger partial charge is 0.321 e. The van der Waals surface area contributed by atoms with Gasteiger partial charge in [0.1, 0.15) is 10.7 Å². The topological polar surface area (TPSA) is 78.1 Å². The van der Waals surface area contributed by atoms with Crippen molar-refractivity contribution in [2.75, 3.05) is 19.4 Å². The molecule has 3 rings (SSSR count). The van der Waals surface area contributed by atoms with Gasteiger partial charge in [0.15, 0.2) is 0 Å². The number of fused-ring (bicyclic) bond motifs is 1. The van der Waals surface area contributed by atoms with Crippen molar-refractivity contribution in [3.05, 3.63) is 56.4 Å². The van der Waals surface area contributed by atoms with E-state index in [9.17, 15) is 9.59 Å². The van der Waals surface area contributed by atoms with Crippen LogP contribution in [0.15, 0.2) is 29.1 Å². The molecule has 26 heavy (non-hydrogen) atoms. The number of H-pyrrole nitrogens is 1. The zero-order chi connectivity index (χ0) is 18.8. The van der Waals surface area contributed by atoms with Gasteiger partial charge in [0.05, 0.1) is 16.8 Å². The van der Waals surface area contributed by atoms with Gasteiger partial charge in [-0.2, -0.15) is 0 Å². The van der Waals surface area contributed by atoms with Crippen molar-refractivity contribution in [2.45, 2.75) is 26.8 Å². The van der Waals surface area contributed by atoms with E-state index in [-0.39, 0.29) is 11.5 Å². The molecule has 7 heteroatoms. The summed E-state index contributed by atoms with van der Waals surface area (Å²) in [6, 6.07) is 7.76. The average molecular weight is 370 g/mol. The fourth-order valence-corrected chi connectivity index (χ4v) is 3.89. The van der Waals surface area contributed by atoms with Gasteiger partial charge < -0.3 is 15.2 Å². The van der Waals surface area contributed by atoms with Crippen LogP contribution in [0, 0.1) is 6.92 Å². The highest BCUT2D eigenvalue weighted by Crippen LogP contribution is 2.28. The van der Waals surface area contributed by atoms with Gasteiger partial charge in [-0.25, -0.2) is 4.98 Å². The molecule has 2 aromatic heterocycles. The molecular formula is C19H22N4O2S. The molecule has 0 bridgehead atoms. The highest BCUT2D eigenvalue weighted by molar-refractivity contribution is 7.20. The van der Waals surface area contributed by atoms with E-state index >= 15 is 0 Å². The lowest BCUT2D eigenvalue weighted by Crippen LogP contribution is -2.18. The van der Waals surface area contributed by atoms with E-state index in [0.717, 1.165) is 12.1 Å². The summed E-state index contributed by atoms with van der Waals surface area (Å²) < 4.78 is 0. The summed E-state index contributed by atoms with van der Waals surface area (Å²) in [7, 11) is 3.82. The highest BCUT2D eigenvalue weighted by atomic mass is 32.1. The molecule has 0 aliphatic carbocycles. The van der Waals surface area contributed by atoms with Crippen molar-refractivity contribution in [1.82, 2.24) is 14.9 Å². The number of aryl methyl sites for hydroxylation is 2. The number of nitrogens with zero attached hydrogens (tertiary/aromatic N) is 2. The second-order valence-electron chi connectivity index (χ2n) is 6.49. The Morgan fingerprint density at radius 1 is 1.27 bits per heavy atom. The van der Waals surface area contributed by atoms with Crippen molar-refractivity contribution in [3.63, 3.8) is 0 Å². The van der Waals surface area contributed by atoms with Crippen LogP contribution in [0.4, 0.5) is 5.69 Å². The van der Waals surface area contributed by atoms with E-state index in [1.165, 1.54) is 16.9 Å². The van der Waals surface area contributed by atoms with Gasteiger partial charge in [-0.15, -0.1) is 11.3 Å². The summed E-state index contributed by atoms with van der Waals surface area (Å²) >= 11 is 1.25. The number of anilines is 1. The number of hydrogen-bond donors (Lipinski definition) is 2. The third kappa shape index (κ3) is 3.68. The van der Waals surface area contributed by atoms with Crippen molar-refractivity contribution >= 4 is 33.1 Å². The van der Waals surface area contributed by atoms with Crippen LogP contribution in [0.25, 0.3) is 10.2 Å². The van der Waals surface area contributed by atoms with Crippen LogP contribution in [0.2, 0.25) is 0 Å². The standard InChI is InChI=1S/C19H22N4O2S/c1-5-12-6-8-13(9-7-12)20-18(25)16-11(2)15-17(24)21-14(10-23(3)4)22-19(15)26-16/h6-9H,5,10H2,1-4H3,(H,20,25)(H,21,22,24). The van der Waals surface area contributed by atoms with E-state index in [1.807, 2.05) is 43.3 Å². The molecule has 6 nitrogen and oxygen atoms in total. The first-order chi connectivity index (χ1) is 12.4. The van der Waals surface area contributed by atoms with Crippen molar-refractivity contribution in [3.8, 4) is 0 Å². The summed E-state index contributed by atoms with van der Waals surface area (Å²) in [5.74, 6) is 0.374. The molecule has 0 fully saturated rings. The normalized spacial score (nSPS) is 11.3. The van der Waals surface area contributed by atoms with Crippen molar-refractivity contribution < 1.29 is 4.79 Å². The molecule has 2 N–H and O–H groups in total. The first kappa shape index (κ1) is 18.3. The maximum absolute atomic E-state index is 12.7. The molecule has 1 amide bonds. The zero-order valence-electron chi connectivity index (χ0n) is 15.3. The summed E-state index contributed by atoms with van der Waals surface area (Å²) in [4.78, 5) is 35.5. The summed E-state index contributed by atoms with van der Waals surface area (Å²) in [5, 5.41) is 3.39. The van der Waals surface area contributed by atoms with Gasteiger partial charge in [-0.1, -0.05) is 19.1 Å². The molecular weight excluding hydrogens is 348 g/mol. The Morgan fingerprint density at radius 3 is 2.58 bits per heavy atom. The highest BCUT2D eigenvalue weighted by Gasteiger charge is 2.19. The molecule has 0 aliphatic rings. The molecule has 0 saturated carbocycles. The Hall–Kier alpha value is -2.51. The van der Waals surface area contributed by atoms with Crippen LogP contribution in [0.3, 0.4) is 0 Å². The molecule has 0 spiro atoms. The fourth-order valence-electron chi connectivity index (χ4n) is 2.79. The zero-order valence-corrected chi connectivity index (χ0v) is 16.2. The lowest BCUT2D eigenvalue weighted by atomic mass is 10.1. The van der Waals surface area contributed by atoms with Gasteiger partial charge in [0.25, 0.3) is 11.5 Å². The first-order valence-corrected chi connectivity index (χ1v) is 9.28. The number of hydrogen-bond acceptors (Lipinski definition) is 5. The van der Waals surface area contributed by atoms with Gasteiger partial charge >= 0.3 is 0 Å². The Labute approximate surface area is 155 Å². The van der Waals surface area contributed by atoms with Crippen LogP contribution in [0.1, 0.15) is 33.5 Å². The monoisotopic (exact) mass is 370 g/mol. The maximum Gasteiger partial charge on any atom is 0.266 e. The van der Waals surface area contributed by atoms with Gasteiger partial charge in [-0.3, -0.25) is 9.59 Å². The first-order valence-electron chi connectivity index (χ1n) is 8.46. The van der Waals surface area contributed by atoms with E-state index in [0.29, 0.717) is 33.0 Å². The van der Waals surface area contributed by atoms with E-state index in [4.69, 9.17) is 0 Å². The van der Waals surface area contributed by atoms with Gasteiger partial charge in [0.2, 0.25) is 0 Å². The van der Waals surface area contributed by atoms with Gasteiger partial charge in [0, 0.05) is 5.69 Å². The number of aromatic amines is 1. The van der Waals surface area contributed by atoms with E-state index in [2.05, 4.69) is 22.2 Å². The van der Waals surface area contributed by atoms with E-state index in [1.54, 1.807) is 6.92 Å². The molecule has 136 valence electrons. The minimum atomic E-state index is -0.219. The number of carbonyl (C=O) groups excluding carboxylic acids is 1. The predicted molar refractivity (Wildman–Crippen MR) is 106 cm³/mol. The average Bonchev–Trinajstić information content (AvgIpc) is 2.92. The van der Waals surface area contributed by atoms with Crippen molar-refractivity contribution in [1.29, 1.82) is 0 Å².